The van der Waals surface area contributed by atoms with Crippen LogP contribution < -0.4 is 0 Å². The molecule has 0 spiro atoms. The minimum absolute atomic E-state index is 0.219. The maximum absolute atomic E-state index is 5.45. The molecule has 3 rings (SSSR count). The third-order valence-corrected chi connectivity index (χ3v) is 4.64. The summed E-state index contributed by atoms with van der Waals surface area (Å²) in [4.78, 5) is 6.17. The maximum atomic E-state index is 5.45. The SMILES string of the molecule is C=CCn1cnn(CN(C)[C@H](C)c2ccc(-n3cncn3)cc2)c1=S. The lowest BCUT2D eigenvalue weighted by atomic mass is 10.1. The molecule has 0 N–H and O–H groups in total. The molecule has 1 aromatic carbocycles. The number of hydrogen-bond acceptors (Lipinski definition) is 5. The van der Waals surface area contributed by atoms with Gasteiger partial charge in [-0.3, -0.25) is 4.90 Å². The Morgan fingerprint density at radius 2 is 2.00 bits per heavy atom. The van der Waals surface area contributed by atoms with Gasteiger partial charge in [-0.25, -0.2) is 14.3 Å². The first-order valence-corrected chi connectivity index (χ1v) is 8.39. The summed E-state index contributed by atoms with van der Waals surface area (Å²) >= 11 is 5.45. The number of benzene rings is 1. The van der Waals surface area contributed by atoms with Gasteiger partial charge < -0.3 is 4.57 Å². The summed E-state index contributed by atoms with van der Waals surface area (Å²) in [5.74, 6) is 0. The monoisotopic (exact) mass is 355 g/mol. The number of hydrogen-bond donors (Lipinski definition) is 0. The van der Waals surface area contributed by atoms with Crippen molar-refractivity contribution in [2.75, 3.05) is 7.05 Å². The molecular weight excluding hydrogens is 334 g/mol. The Kier molecular flexibility index (Phi) is 5.20. The van der Waals surface area contributed by atoms with Crippen LogP contribution in [0.5, 0.6) is 0 Å². The lowest BCUT2D eigenvalue weighted by Crippen LogP contribution is -2.26. The van der Waals surface area contributed by atoms with Crippen LogP contribution in [-0.4, -0.2) is 41.1 Å². The minimum atomic E-state index is 0.219. The first-order chi connectivity index (χ1) is 12.1. The highest BCUT2D eigenvalue weighted by Crippen LogP contribution is 2.20. The second-order valence-corrected chi connectivity index (χ2v) is 6.23. The fraction of sp³-hybridized carbons (Fsp3) is 0.294. The average Bonchev–Trinajstić information content (AvgIpc) is 3.27. The van der Waals surface area contributed by atoms with E-state index in [1.54, 1.807) is 17.3 Å². The fourth-order valence-electron chi connectivity index (χ4n) is 2.57. The molecule has 2 aromatic heterocycles. The molecule has 0 fully saturated rings. The van der Waals surface area contributed by atoms with Crippen molar-refractivity contribution in [1.82, 2.24) is 34.0 Å². The maximum Gasteiger partial charge on any atom is 0.199 e. The van der Waals surface area contributed by atoms with Gasteiger partial charge in [-0.05, 0) is 43.9 Å². The van der Waals surface area contributed by atoms with E-state index in [4.69, 9.17) is 12.2 Å². The van der Waals surface area contributed by atoms with E-state index < -0.39 is 0 Å². The smallest absolute Gasteiger partial charge is 0.199 e. The summed E-state index contributed by atoms with van der Waals surface area (Å²) in [6.45, 7) is 7.19. The molecule has 0 saturated carbocycles. The summed E-state index contributed by atoms with van der Waals surface area (Å²) in [5.41, 5.74) is 2.20. The van der Waals surface area contributed by atoms with Crippen molar-refractivity contribution in [3.63, 3.8) is 0 Å². The van der Waals surface area contributed by atoms with Crippen LogP contribution in [0, 0.1) is 4.77 Å². The molecule has 0 bridgehead atoms. The molecule has 0 unspecified atom stereocenters. The van der Waals surface area contributed by atoms with Crippen molar-refractivity contribution in [2.45, 2.75) is 26.2 Å². The van der Waals surface area contributed by atoms with Gasteiger partial charge in [-0.1, -0.05) is 18.2 Å². The van der Waals surface area contributed by atoms with E-state index in [9.17, 15) is 0 Å². The Bertz CT molecular complexity index is 877. The quantitative estimate of drug-likeness (QED) is 0.482. The van der Waals surface area contributed by atoms with E-state index in [0.29, 0.717) is 18.0 Å². The van der Waals surface area contributed by atoms with Crippen LogP contribution in [0.1, 0.15) is 18.5 Å². The highest BCUT2D eigenvalue weighted by Gasteiger charge is 2.13. The molecule has 0 aliphatic carbocycles. The second kappa shape index (κ2) is 7.54. The zero-order valence-electron chi connectivity index (χ0n) is 14.4. The average molecular weight is 355 g/mol. The summed E-state index contributed by atoms with van der Waals surface area (Å²) in [6.07, 6.45) is 6.77. The third-order valence-electron chi connectivity index (χ3n) is 4.20. The Balaban J connectivity index is 1.71. The molecule has 3 aromatic rings. The van der Waals surface area contributed by atoms with Gasteiger partial charge >= 0.3 is 0 Å². The number of aromatic nitrogens is 6. The van der Waals surface area contributed by atoms with E-state index in [1.165, 1.54) is 11.9 Å². The normalized spacial score (nSPS) is 12.4. The van der Waals surface area contributed by atoms with Crippen LogP contribution in [0.3, 0.4) is 0 Å². The highest BCUT2D eigenvalue weighted by molar-refractivity contribution is 7.71. The molecule has 0 aliphatic heterocycles. The van der Waals surface area contributed by atoms with Crippen LogP contribution >= 0.6 is 12.2 Å². The van der Waals surface area contributed by atoms with Gasteiger partial charge in [0.05, 0.1) is 12.4 Å². The first kappa shape index (κ1) is 17.2. The topological polar surface area (TPSA) is 56.7 Å². The molecule has 0 aliphatic rings. The molecule has 25 heavy (non-hydrogen) atoms. The van der Waals surface area contributed by atoms with Crippen molar-refractivity contribution >= 4 is 12.2 Å². The summed E-state index contributed by atoms with van der Waals surface area (Å²) in [5, 5.41) is 8.51. The van der Waals surface area contributed by atoms with Gasteiger partial charge in [0.25, 0.3) is 0 Å². The third kappa shape index (κ3) is 3.75. The van der Waals surface area contributed by atoms with Crippen molar-refractivity contribution in [1.29, 1.82) is 0 Å². The van der Waals surface area contributed by atoms with Gasteiger partial charge in [0, 0.05) is 12.6 Å². The Hall–Kier alpha value is -2.58. The molecule has 2 heterocycles. The van der Waals surface area contributed by atoms with E-state index >= 15 is 0 Å². The second-order valence-electron chi connectivity index (χ2n) is 5.86. The molecule has 0 amide bonds. The van der Waals surface area contributed by atoms with Crippen molar-refractivity contribution in [3.8, 4) is 5.69 Å². The number of rotatable bonds is 7. The summed E-state index contributed by atoms with van der Waals surface area (Å²) < 4.78 is 6.15. The van der Waals surface area contributed by atoms with Crippen molar-refractivity contribution in [3.05, 3.63) is 66.2 Å². The van der Waals surface area contributed by atoms with Gasteiger partial charge in [0.2, 0.25) is 0 Å². The van der Waals surface area contributed by atoms with Crippen LogP contribution in [0.2, 0.25) is 0 Å². The van der Waals surface area contributed by atoms with Gasteiger partial charge in [0.1, 0.15) is 19.0 Å². The van der Waals surface area contributed by atoms with Crippen LogP contribution in [0.15, 0.2) is 55.9 Å². The molecule has 8 heteroatoms. The Morgan fingerprint density at radius 1 is 1.24 bits per heavy atom. The molecule has 0 saturated heterocycles. The fourth-order valence-corrected chi connectivity index (χ4v) is 2.79. The molecule has 7 nitrogen and oxygen atoms in total. The molecular formula is C17H21N7S. The first-order valence-electron chi connectivity index (χ1n) is 7.98. The van der Waals surface area contributed by atoms with Crippen molar-refractivity contribution in [2.24, 2.45) is 0 Å². The zero-order valence-corrected chi connectivity index (χ0v) is 15.2. The minimum Gasteiger partial charge on any atom is -0.303 e. The zero-order chi connectivity index (χ0) is 17.8. The molecule has 0 radical (unpaired) electrons. The Morgan fingerprint density at radius 3 is 2.64 bits per heavy atom. The lowest BCUT2D eigenvalue weighted by molar-refractivity contribution is 0.194. The Labute approximate surface area is 151 Å². The van der Waals surface area contributed by atoms with Gasteiger partial charge in [-0.2, -0.15) is 10.2 Å². The number of nitrogens with zero attached hydrogens (tertiary/aromatic N) is 7. The summed E-state index contributed by atoms with van der Waals surface area (Å²) in [6, 6.07) is 8.51. The lowest BCUT2D eigenvalue weighted by Gasteiger charge is -2.25. The van der Waals surface area contributed by atoms with Crippen LogP contribution in [0.4, 0.5) is 0 Å². The van der Waals surface area contributed by atoms with Crippen molar-refractivity contribution < 1.29 is 0 Å². The summed E-state index contributed by atoms with van der Waals surface area (Å²) in [7, 11) is 2.06. The van der Waals surface area contributed by atoms with Gasteiger partial charge in [-0.15, -0.1) is 6.58 Å². The van der Waals surface area contributed by atoms with E-state index in [0.717, 1.165) is 5.69 Å². The standard InChI is InChI=1S/C17H21N7S/c1-4-9-22-12-20-24(17(22)25)13-21(3)14(2)15-5-7-16(8-6-15)23-11-18-10-19-23/h4-8,10-12,14H,1,9,13H2,2-3H3/t14-/m1/s1. The van der Waals surface area contributed by atoms with E-state index in [1.807, 2.05) is 27.5 Å². The predicted octanol–water partition coefficient (Wildman–Crippen LogP) is 2.83. The van der Waals surface area contributed by atoms with Crippen LogP contribution in [0.25, 0.3) is 5.69 Å². The predicted molar refractivity (Wildman–Crippen MR) is 98.8 cm³/mol. The van der Waals surface area contributed by atoms with E-state index in [-0.39, 0.29) is 6.04 Å². The van der Waals surface area contributed by atoms with Gasteiger partial charge in [0.15, 0.2) is 4.77 Å². The molecule has 1 atom stereocenters. The largest absolute Gasteiger partial charge is 0.303 e. The number of allylic oxidation sites excluding steroid dienone is 1. The molecule has 130 valence electrons. The van der Waals surface area contributed by atoms with Crippen LogP contribution in [-0.2, 0) is 13.2 Å². The van der Waals surface area contributed by atoms with E-state index in [2.05, 4.69) is 52.8 Å². The highest BCUT2D eigenvalue weighted by atomic mass is 32.1.